The van der Waals surface area contributed by atoms with Gasteiger partial charge in [-0.1, -0.05) is 157 Å². The van der Waals surface area contributed by atoms with Gasteiger partial charge >= 0.3 is 0 Å². The molecule has 0 aliphatic carbocycles. The third-order valence-corrected chi connectivity index (χ3v) is 6.99. The summed E-state index contributed by atoms with van der Waals surface area (Å²) in [6.07, 6.45) is 0. The maximum absolute atomic E-state index is 9.42. The van der Waals surface area contributed by atoms with Gasteiger partial charge in [-0.15, -0.1) is 0 Å². The lowest BCUT2D eigenvalue weighted by atomic mass is 9.82. The Morgan fingerprint density at radius 3 is 1.25 bits per heavy atom. The number of benzene rings is 8. The van der Waals surface area contributed by atoms with Crippen molar-refractivity contribution in [1.82, 2.24) is 0 Å². The quantitative estimate of drug-likeness (QED) is 0.202. The Morgan fingerprint density at radius 1 is 0.300 bits per heavy atom. The van der Waals surface area contributed by atoms with E-state index in [1.807, 2.05) is 0 Å². The third-order valence-electron chi connectivity index (χ3n) is 6.99. The third kappa shape index (κ3) is 3.47. The second-order valence-corrected chi connectivity index (χ2v) is 9.09. The zero-order chi connectivity index (χ0) is 42.1. The Balaban J connectivity index is 1.66. The minimum absolute atomic E-state index is 0.0718. The normalized spacial score (nSPS) is 17.8. The van der Waals surface area contributed by atoms with Crippen molar-refractivity contribution in [2.24, 2.45) is 0 Å². The minimum atomic E-state index is -0.737. The Kier molecular flexibility index (Phi) is 2.56. The molecule has 0 N–H and O–H groups in total. The summed E-state index contributed by atoms with van der Waals surface area (Å²) in [5.74, 6) is 0. The van der Waals surface area contributed by atoms with Crippen LogP contribution in [0.15, 0.2) is 157 Å². The molecule has 8 aromatic carbocycles. The molecule has 0 fully saturated rings. The molecule has 0 heteroatoms. The first kappa shape index (κ1) is 11.1. The number of fused-ring (bicyclic) bond motifs is 4. The maximum atomic E-state index is 9.42. The van der Waals surface area contributed by atoms with E-state index in [2.05, 4.69) is 0 Å². The Hall–Kier alpha value is -5.20. The Labute approximate surface area is 259 Å². The van der Waals surface area contributed by atoms with Gasteiger partial charge in [0.05, 0.1) is 24.7 Å². The molecule has 0 spiro atoms. The summed E-state index contributed by atoms with van der Waals surface area (Å²) in [6.45, 7) is 0. The summed E-state index contributed by atoms with van der Waals surface area (Å²) >= 11 is 0. The van der Waals surface area contributed by atoms with Crippen LogP contribution in [-0.2, 0) is 0 Å². The molecule has 0 aromatic heterocycles. The summed E-state index contributed by atoms with van der Waals surface area (Å²) in [6, 6.07) is 1.57. The SMILES string of the molecule is [2H]c1c([2H])c([2H])c(-c2c([2H])c([2H])c([2H])c3c([2H])c([2H])c([2H])c([2H])c23)c(-c2c3ccccc3c(-c3c([2H])c([2H])c([2H])c4c([2H])c([2H])c([2H])c([2H])c34)c3ccccc23)c1[2H]. The molecule has 40 heavy (non-hydrogen) atoms. The van der Waals surface area contributed by atoms with Crippen molar-refractivity contribution in [3.05, 3.63) is 157 Å². The Morgan fingerprint density at radius 2 is 0.675 bits per heavy atom. The van der Waals surface area contributed by atoms with E-state index in [1.165, 1.54) is 0 Å². The highest BCUT2D eigenvalue weighted by molar-refractivity contribution is 6.24. The highest BCUT2D eigenvalue weighted by Gasteiger charge is 2.20. The number of rotatable bonds is 3. The predicted octanol–water partition coefficient (Wildman–Crippen LogP) is 11.3. The van der Waals surface area contributed by atoms with E-state index < -0.39 is 120 Å². The monoisotopic (exact) mass is 524 g/mol. The average molecular weight is 525 g/mol. The number of hydrogen-bond donors (Lipinski definition) is 0. The molecule has 0 unspecified atom stereocenters. The summed E-state index contributed by atoms with van der Waals surface area (Å²) in [7, 11) is 0. The summed E-state index contributed by atoms with van der Waals surface area (Å²) < 4.78 is 158. The van der Waals surface area contributed by atoms with Crippen LogP contribution in [0.3, 0.4) is 0 Å². The topological polar surface area (TPSA) is 0 Å². The maximum Gasteiger partial charge on any atom is 0.0629 e. The van der Waals surface area contributed by atoms with E-state index in [9.17, 15) is 4.11 Å². The van der Waals surface area contributed by atoms with Crippen LogP contribution in [0.5, 0.6) is 0 Å². The van der Waals surface area contributed by atoms with Crippen LogP contribution in [0, 0.1) is 0 Å². The van der Waals surface area contributed by atoms with E-state index in [1.54, 1.807) is 48.5 Å². The van der Waals surface area contributed by atoms with Crippen molar-refractivity contribution in [3.63, 3.8) is 0 Å². The van der Waals surface area contributed by atoms with Gasteiger partial charge in [0.15, 0.2) is 0 Å². The van der Waals surface area contributed by atoms with Crippen molar-refractivity contribution in [2.75, 3.05) is 0 Å². The standard InChI is InChI=1S/C40H26/c1-3-17-29-27(13-1)15-11-25-31(29)32-19-5-6-20-34(32)40-37-23-9-7-21-35(37)39(36-22-8-10-24-38(36)40)33-26-12-16-28-14-2-4-18-30(28)33/h1-26H/i1D,2D,3D,4D,5D,6D,11D,12D,13D,14D,15D,16D,17D,18D,19D,20D,25D,26D. The first-order valence-corrected chi connectivity index (χ1v) is 12.4. The molecule has 0 nitrogen and oxygen atoms in total. The molecule has 0 heterocycles. The van der Waals surface area contributed by atoms with Crippen molar-refractivity contribution in [2.45, 2.75) is 0 Å². The fourth-order valence-electron chi connectivity index (χ4n) is 5.35. The van der Waals surface area contributed by atoms with Gasteiger partial charge in [0.1, 0.15) is 0 Å². The van der Waals surface area contributed by atoms with E-state index >= 15 is 0 Å². The molecule has 0 aliphatic heterocycles. The predicted molar refractivity (Wildman–Crippen MR) is 173 cm³/mol. The van der Waals surface area contributed by atoms with Gasteiger partial charge in [-0.05, 0) is 76.5 Å². The van der Waals surface area contributed by atoms with E-state index in [4.69, 9.17) is 20.6 Å². The first-order valence-electron chi connectivity index (χ1n) is 21.4. The van der Waals surface area contributed by atoms with Gasteiger partial charge in [0, 0.05) is 0 Å². The molecule has 0 bridgehead atoms. The van der Waals surface area contributed by atoms with Crippen LogP contribution in [0.4, 0.5) is 0 Å². The summed E-state index contributed by atoms with van der Waals surface area (Å²) in [5, 5.41) is -0.0109. The molecule has 8 rings (SSSR count). The van der Waals surface area contributed by atoms with Crippen LogP contribution < -0.4 is 0 Å². The highest BCUT2D eigenvalue weighted by Crippen LogP contribution is 2.47. The second-order valence-electron chi connectivity index (χ2n) is 9.09. The van der Waals surface area contributed by atoms with Crippen LogP contribution in [0.25, 0.3) is 76.5 Å². The zero-order valence-electron chi connectivity index (χ0n) is 38.6. The van der Waals surface area contributed by atoms with Crippen LogP contribution in [0.2, 0.25) is 0 Å². The molecule has 8 aromatic rings. The lowest BCUT2D eigenvalue weighted by molar-refractivity contribution is 1.63. The molecule has 186 valence electrons. The summed E-state index contributed by atoms with van der Waals surface area (Å²) in [4.78, 5) is 0. The largest absolute Gasteiger partial charge is 0.0629 e. The van der Waals surface area contributed by atoms with Gasteiger partial charge < -0.3 is 0 Å². The summed E-state index contributed by atoms with van der Waals surface area (Å²) in [5.41, 5.74) is -0.661. The molecular weight excluding hydrogens is 480 g/mol. The van der Waals surface area contributed by atoms with E-state index in [0.717, 1.165) is 0 Å². The average Bonchev–Trinajstić information content (AvgIpc) is 3.22. The molecule has 0 atom stereocenters. The lowest BCUT2D eigenvalue weighted by Crippen LogP contribution is -1.93. The Bertz CT molecular complexity index is 3130. The van der Waals surface area contributed by atoms with Gasteiger partial charge in [0.25, 0.3) is 0 Å². The van der Waals surface area contributed by atoms with Gasteiger partial charge in [0.2, 0.25) is 0 Å². The second kappa shape index (κ2) is 9.22. The van der Waals surface area contributed by atoms with Crippen LogP contribution in [0.1, 0.15) is 24.7 Å². The van der Waals surface area contributed by atoms with Gasteiger partial charge in [-0.25, -0.2) is 0 Å². The van der Waals surface area contributed by atoms with Crippen LogP contribution >= 0.6 is 0 Å². The smallest absolute Gasteiger partial charge is 0.0616 e. The first-order chi connectivity index (χ1) is 27.4. The fraction of sp³-hybridized carbons (Fsp3) is 0. The van der Waals surface area contributed by atoms with Crippen LogP contribution in [-0.4, -0.2) is 0 Å². The zero-order valence-corrected chi connectivity index (χ0v) is 20.6. The minimum Gasteiger partial charge on any atom is -0.0616 e. The number of hydrogen-bond acceptors (Lipinski definition) is 0. The van der Waals surface area contributed by atoms with E-state index in [-0.39, 0.29) is 44.0 Å². The molecule has 0 radical (unpaired) electrons. The molecule has 0 saturated heterocycles. The lowest BCUT2D eigenvalue weighted by Gasteiger charge is -2.20. The van der Waals surface area contributed by atoms with Crippen molar-refractivity contribution >= 4 is 43.1 Å². The van der Waals surface area contributed by atoms with Crippen molar-refractivity contribution in [1.29, 1.82) is 0 Å². The van der Waals surface area contributed by atoms with E-state index in [0.29, 0.717) is 21.5 Å². The highest BCUT2D eigenvalue weighted by atomic mass is 14.2. The van der Waals surface area contributed by atoms with Gasteiger partial charge in [-0.2, -0.15) is 0 Å². The van der Waals surface area contributed by atoms with Gasteiger partial charge in [-0.3, -0.25) is 0 Å². The molecule has 0 saturated carbocycles. The molecule has 0 aliphatic rings. The fourth-order valence-corrected chi connectivity index (χ4v) is 5.35. The molecular formula is C40H26. The van der Waals surface area contributed by atoms with Crippen molar-refractivity contribution in [3.8, 4) is 33.4 Å². The molecule has 0 amide bonds. The van der Waals surface area contributed by atoms with Crippen molar-refractivity contribution < 1.29 is 24.7 Å².